The number of aromatic nitrogens is 2. The molecule has 0 aliphatic heterocycles. The van der Waals surface area contributed by atoms with E-state index in [1.807, 2.05) is 23.9 Å². The number of halogens is 4. The molecule has 0 radical (unpaired) electrons. The van der Waals surface area contributed by atoms with Gasteiger partial charge in [-0.25, -0.2) is 0 Å². The lowest BCUT2D eigenvalue weighted by Crippen LogP contribution is -2.15. The summed E-state index contributed by atoms with van der Waals surface area (Å²) in [5, 5.41) is 4.30. The Bertz CT molecular complexity index is 967. The molecule has 3 nitrogen and oxygen atoms in total. The van der Waals surface area contributed by atoms with Crippen molar-refractivity contribution < 1.29 is 17.6 Å². The minimum atomic E-state index is -4.51. The minimum absolute atomic E-state index is 0.0341. The van der Waals surface area contributed by atoms with Crippen LogP contribution in [0.1, 0.15) is 50.8 Å². The Labute approximate surface area is 167 Å². The quantitative estimate of drug-likeness (QED) is 0.467. The minimum Gasteiger partial charge on any atom is -0.461 e. The number of nitrogens with zero attached hydrogens (tertiary/aromatic N) is 2. The fourth-order valence-electron chi connectivity index (χ4n) is 2.91. The van der Waals surface area contributed by atoms with Crippen LogP contribution < -0.4 is 0 Å². The van der Waals surface area contributed by atoms with Crippen molar-refractivity contribution in [2.75, 3.05) is 0 Å². The second-order valence-electron chi connectivity index (χ2n) is 7.94. The highest BCUT2D eigenvalue weighted by Crippen LogP contribution is 2.37. The van der Waals surface area contributed by atoms with Gasteiger partial charge in [0.2, 0.25) is 0 Å². The molecule has 0 saturated heterocycles. The zero-order valence-corrected chi connectivity index (χ0v) is 16.9. The van der Waals surface area contributed by atoms with Crippen LogP contribution in [0.2, 0.25) is 5.02 Å². The SMILES string of the molecule is CC(Cc1ccc(-c2ccc(Cl)c(C(F)(F)F)c2)o1)n1ccc(C(C)(C)C)n1. The van der Waals surface area contributed by atoms with Crippen LogP contribution in [0.25, 0.3) is 11.3 Å². The molecule has 0 N–H and O–H groups in total. The lowest BCUT2D eigenvalue weighted by atomic mass is 9.93. The molecule has 1 unspecified atom stereocenters. The van der Waals surface area contributed by atoms with Gasteiger partial charge in [-0.3, -0.25) is 4.68 Å². The molecular weight excluding hydrogens is 389 g/mol. The molecule has 3 rings (SSSR count). The van der Waals surface area contributed by atoms with Crippen molar-refractivity contribution in [3.05, 3.63) is 64.6 Å². The van der Waals surface area contributed by atoms with E-state index < -0.39 is 11.7 Å². The molecule has 0 aliphatic rings. The molecule has 1 aromatic carbocycles. The van der Waals surface area contributed by atoms with Gasteiger partial charge in [0.05, 0.1) is 22.3 Å². The average Bonchev–Trinajstić information content (AvgIpc) is 3.23. The van der Waals surface area contributed by atoms with Gasteiger partial charge in [-0.05, 0) is 43.3 Å². The molecule has 0 aliphatic carbocycles. The van der Waals surface area contributed by atoms with Crippen molar-refractivity contribution in [1.29, 1.82) is 0 Å². The maximum absolute atomic E-state index is 13.1. The Morgan fingerprint density at radius 3 is 2.43 bits per heavy atom. The first kappa shape index (κ1) is 20.5. The van der Waals surface area contributed by atoms with Crippen LogP contribution >= 0.6 is 11.6 Å². The first-order chi connectivity index (χ1) is 12.9. The van der Waals surface area contributed by atoms with Crippen molar-refractivity contribution in [2.24, 2.45) is 0 Å². The molecule has 3 aromatic rings. The van der Waals surface area contributed by atoms with Gasteiger partial charge in [-0.2, -0.15) is 18.3 Å². The Morgan fingerprint density at radius 1 is 1.11 bits per heavy atom. The summed E-state index contributed by atoms with van der Waals surface area (Å²) in [5.41, 5.74) is 0.433. The number of rotatable bonds is 4. The zero-order chi connectivity index (χ0) is 20.7. The fraction of sp³-hybridized carbons (Fsp3) is 0.381. The fourth-order valence-corrected chi connectivity index (χ4v) is 3.13. The van der Waals surface area contributed by atoms with Gasteiger partial charge in [0.25, 0.3) is 0 Å². The number of furan rings is 1. The van der Waals surface area contributed by atoms with Crippen molar-refractivity contribution in [3.63, 3.8) is 0 Å². The van der Waals surface area contributed by atoms with Gasteiger partial charge in [0.1, 0.15) is 11.5 Å². The van der Waals surface area contributed by atoms with E-state index in [0.29, 0.717) is 23.5 Å². The molecule has 0 bridgehead atoms. The molecule has 2 heterocycles. The highest BCUT2D eigenvalue weighted by atomic mass is 35.5. The van der Waals surface area contributed by atoms with Gasteiger partial charge >= 0.3 is 6.18 Å². The molecule has 7 heteroatoms. The standard InChI is InChI=1S/C21H22ClF3N2O/c1-13(27-10-9-19(26-27)20(2,3)4)11-15-6-8-18(28-15)14-5-7-17(22)16(12-14)21(23,24)25/h5-10,12-13H,11H2,1-4H3. The third kappa shape index (κ3) is 4.43. The summed E-state index contributed by atoms with van der Waals surface area (Å²) in [6, 6.07) is 9.27. The first-order valence-corrected chi connectivity index (χ1v) is 9.34. The van der Waals surface area contributed by atoms with Crippen LogP contribution in [0.5, 0.6) is 0 Å². The smallest absolute Gasteiger partial charge is 0.417 e. The van der Waals surface area contributed by atoms with E-state index >= 15 is 0 Å². The highest BCUT2D eigenvalue weighted by molar-refractivity contribution is 6.31. The van der Waals surface area contributed by atoms with Crippen LogP contribution in [0.3, 0.4) is 0 Å². The molecule has 150 valence electrons. The second kappa shape index (κ2) is 7.32. The van der Waals surface area contributed by atoms with Crippen molar-refractivity contribution in [3.8, 4) is 11.3 Å². The zero-order valence-electron chi connectivity index (χ0n) is 16.1. The van der Waals surface area contributed by atoms with Crippen LogP contribution in [0.15, 0.2) is 47.0 Å². The summed E-state index contributed by atoms with van der Waals surface area (Å²) in [5.74, 6) is 1.05. The van der Waals surface area contributed by atoms with E-state index in [1.54, 1.807) is 12.1 Å². The average molecular weight is 411 g/mol. The largest absolute Gasteiger partial charge is 0.461 e. The van der Waals surface area contributed by atoms with Gasteiger partial charge in [-0.15, -0.1) is 0 Å². The third-order valence-corrected chi connectivity index (χ3v) is 4.87. The van der Waals surface area contributed by atoms with Crippen LogP contribution in [-0.4, -0.2) is 9.78 Å². The van der Waals surface area contributed by atoms with E-state index in [0.717, 1.165) is 11.8 Å². The van der Waals surface area contributed by atoms with E-state index in [4.69, 9.17) is 16.0 Å². The lowest BCUT2D eigenvalue weighted by molar-refractivity contribution is -0.137. The number of hydrogen-bond acceptors (Lipinski definition) is 2. The molecule has 0 amide bonds. The number of alkyl halides is 3. The van der Waals surface area contributed by atoms with E-state index in [1.165, 1.54) is 12.1 Å². The molecule has 0 saturated carbocycles. The molecule has 2 aromatic heterocycles. The lowest BCUT2D eigenvalue weighted by Gasteiger charge is -2.15. The summed E-state index contributed by atoms with van der Waals surface area (Å²) in [7, 11) is 0. The maximum Gasteiger partial charge on any atom is 0.417 e. The Hall–Kier alpha value is -2.21. The van der Waals surface area contributed by atoms with Crippen molar-refractivity contribution in [2.45, 2.75) is 51.7 Å². The van der Waals surface area contributed by atoms with E-state index in [-0.39, 0.29) is 16.5 Å². The van der Waals surface area contributed by atoms with Crippen LogP contribution in [0, 0.1) is 0 Å². The molecule has 0 fully saturated rings. The number of benzene rings is 1. The second-order valence-corrected chi connectivity index (χ2v) is 8.35. The maximum atomic E-state index is 13.1. The van der Waals surface area contributed by atoms with E-state index in [9.17, 15) is 13.2 Å². The normalized spacial score (nSPS) is 13.7. The predicted octanol–water partition coefficient (Wildman–Crippen LogP) is 6.92. The summed E-state index contributed by atoms with van der Waals surface area (Å²) < 4.78 is 46.9. The molecule has 0 spiro atoms. The predicted molar refractivity (Wildman–Crippen MR) is 103 cm³/mol. The first-order valence-electron chi connectivity index (χ1n) is 8.96. The Balaban J connectivity index is 1.78. The summed E-state index contributed by atoms with van der Waals surface area (Å²) in [4.78, 5) is 0. The topological polar surface area (TPSA) is 31.0 Å². The van der Waals surface area contributed by atoms with Gasteiger partial charge in [0.15, 0.2) is 0 Å². The van der Waals surface area contributed by atoms with Crippen molar-refractivity contribution >= 4 is 11.6 Å². The summed E-state index contributed by atoms with van der Waals surface area (Å²) in [6.07, 6.45) is -2.00. The number of hydrogen-bond donors (Lipinski definition) is 0. The van der Waals surface area contributed by atoms with Gasteiger partial charge in [0, 0.05) is 23.6 Å². The van der Waals surface area contributed by atoms with Crippen LogP contribution in [-0.2, 0) is 18.0 Å². The van der Waals surface area contributed by atoms with Crippen molar-refractivity contribution in [1.82, 2.24) is 9.78 Å². The van der Waals surface area contributed by atoms with Gasteiger partial charge < -0.3 is 4.42 Å². The Kier molecular flexibility index (Phi) is 5.36. The van der Waals surface area contributed by atoms with E-state index in [2.05, 4.69) is 25.9 Å². The van der Waals surface area contributed by atoms with Gasteiger partial charge in [-0.1, -0.05) is 32.4 Å². The molecule has 28 heavy (non-hydrogen) atoms. The summed E-state index contributed by atoms with van der Waals surface area (Å²) in [6.45, 7) is 8.32. The highest BCUT2D eigenvalue weighted by Gasteiger charge is 2.33. The monoisotopic (exact) mass is 410 g/mol. The third-order valence-electron chi connectivity index (χ3n) is 4.54. The molecule has 1 atom stereocenters. The molecular formula is C21H22ClF3N2O. The Morgan fingerprint density at radius 2 is 1.82 bits per heavy atom. The summed E-state index contributed by atoms with van der Waals surface area (Å²) >= 11 is 5.68. The van der Waals surface area contributed by atoms with Crippen LogP contribution in [0.4, 0.5) is 13.2 Å².